The lowest BCUT2D eigenvalue weighted by atomic mass is 10.3. The number of anilines is 1. The van der Waals surface area contributed by atoms with Crippen molar-refractivity contribution in [1.29, 1.82) is 0 Å². The molecule has 0 saturated heterocycles. The molecule has 0 amide bonds. The molecule has 0 aliphatic carbocycles. The molecule has 1 heterocycles. The van der Waals surface area contributed by atoms with Crippen molar-refractivity contribution in [3.05, 3.63) is 46.7 Å². The van der Waals surface area contributed by atoms with Crippen LogP contribution in [-0.2, 0) is 6.54 Å². The van der Waals surface area contributed by atoms with Crippen LogP contribution in [-0.4, -0.2) is 13.1 Å². The largest absolute Gasteiger partial charge is 0.495 e. The van der Waals surface area contributed by atoms with Gasteiger partial charge in [0.15, 0.2) is 5.96 Å². The van der Waals surface area contributed by atoms with E-state index >= 15 is 0 Å². The highest BCUT2D eigenvalue weighted by Crippen LogP contribution is 2.22. The average Bonchev–Trinajstić information content (AvgIpc) is 2.90. The number of hydrogen-bond acceptors (Lipinski definition) is 3. The van der Waals surface area contributed by atoms with Crippen molar-refractivity contribution >= 4 is 47.0 Å². The van der Waals surface area contributed by atoms with E-state index in [1.54, 1.807) is 18.4 Å². The summed E-state index contributed by atoms with van der Waals surface area (Å²) < 4.78 is 5.23. The van der Waals surface area contributed by atoms with Crippen molar-refractivity contribution in [3.8, 4) is 5.75 Å². The highest BCUT2D eigenvalue weighted by atomic mass is 127. The quantitative estimate of drug-likeness (QED) is 0.479. The zero-order valence-electron chi connectivity index (χ0n) is 10.5. The molecule has 2 rings (SSSR count). The van der Waals surface area contributed by atoms with Crippen LogP contribution in [0.1, 0.15) is 4.88 Å². The number of para-hydroxylation sites is 2. The number of aliphatic imine (C=N–C) groups is 1. The maximum absolute atomic E-state index is 5.83. The lowest BCUT2D eigenvalue weighted by Crippen LogP contribution is -2.22. The molecule has 0 saturated carbocycles. The number of rotatable bonds is 4. The van der Waals surface area contributed by atoms with E-state index in [0.717, 1.165) is 11.4 Å². The van der Waals surface area contributed by atoms with Gasteiger partial charge in [-0.1, -0.05) is 18.2 Å². The maximum Gasteiger partial charge on any atom is 0.193 e. The minimum Gasteiger partial charge on any atom is -0.495 e. The number of hydrogen-bond donors (Lipinski definition) is 2. The number of methoxy groups -OCH3 is 1. The van der Waals surface area contributed by atoms with E-state index in [4.69, 9.17) is 10.5 Å². The molecule has 0 radical (unpaired) electrons. The number of thiophene rings is 1. The Hall–Kier alpha value is -1.28. The van der Waals surface area contributed by atoms with Crippen molar-refractivity contribution < 1.29 is 4.74 Å². The molecule has 3 N–H and O–H groups in total. The van der Waals surface area contributed by atoms with Gasteiger partial charge in [-0.05, 0) is 23.6 Å². The standard InChI is InChI=1S/C13H15N3OS.HI/c1-17-12-7-3-2-6-11(12)16-13(14)15-9-10-5-4-8-18-10;/h2-8H,9H2,1H3,(H3,14,15,16);1H. The fourth-order valence-electron chi connectivity index (χ4n) is 1.49. The van der Waals surface area contributed by atoms with E-state index in [1.807, 2.05) is 41.8 Å². The van der Waals surface area contributed by atoms with Gasteiger partial charge in [-0.3, -0.25) is 0 Å². The average molecular weight is 389 g/mol. The van der Waals surface area contributed by atoms with Gasteiger partial charge < -0.3 is 15.8 Å². The molecule has 2 aromatic rings. The SMILES string of the molecule is COc1ccccc1NC(N)=NCc1cccs1.I. The Labute approximate surface area is 133 Å². The van der Waals surface area contributed by atoms with Gasteiger partial charge in [0.05, 0.1) is 19.3 Å². The second-order valence-corrected chi connectivity index (χ2v) is 4.64. The molecule has 0 aliphatic heterocycles. The van der Waals surface area contributed by atoms with Gasteiger partial charge in [0.2, 0.25) is 0 Å². The van der Waals surface area contributed by atoms with Gasteiger partial charge in [0.25, 0.3) is 0 Å². The van der Waals surface area contributed by atoms with Crippen molar-refractivity contribution in [1.82, 2.24) is 0 Å². The van der Waals surface area contributed by atoms with Crippen molar-refractivity contribution in [2.45, 2.75) is 6.54 Å². The lowest BCUT2D eigenvalue weighted by molar-refractivity contribution is 0.417. The molecular weight excluding hydrogens is 373 g/mol. The smallest absolute Gasteiger partial charge is 0.193 e. The van der Waals surface area contributed by atoms with Gasteiger partial charge in [0, 0.05) is 4.88 Å². The fourth-order valence-corrected chi connectivity index (χ4v) is 2.12. The van der Waals surface area contributed by atoms with E-state index < -0.39 is 0 Å². The van der Waals surface area contributed by atoms with Crippen LogP contribution in [0.25, 0.3) is 0 Å². The third-order valence-corrected chi connectivity index (χ3v) is 3.22. The first-order valence-electron chi connectivity index (χ1n) is 5.52. The Balaban J connectivity index is 0.00000180. The first-order chi connectivity index (χ1) is 8.79. The Morgan fingerprint density at radius 2 is 2.11 bits per heavy atom. The molecule has 1 aromatic heterocycles. The first kappa shape index (κ1) is 15.8. The van der Waals surface area contributed by atoms with Crippen molar-refractivity contribution in [2.24, 2.45) is 10.7 Å². The van der Waals surface area contributed by atoms with E-state index in [0.29, 0.717) is 12.5 Å². The van der Waals surface area contributed by atoms with E-state index in [-0.39, 0.29) is 24.0 Å². The predicted molar refractivity (Wildman–Crippen MR) is 91.7 cm³/mol. The van der Waals surface area contributed by atoms with Gasteiger partial charge in [-0.2, -0.15) is 0 Å². The molecule has 0 unspecified atom stereocenters. The van der Waals surface area contributed by atoms with Crippen LogP contribution in [0.2, 0.25) is 0 Å². The van der Waals surface area contributed by atoms with Gasteiger partial charge >= 0.3 is 0 Å². The summed E-state index contributed by atoms with van der Waals surface area (Å²) in [5.41, 5.74) is 6.65. The number of halogens is 1. The summed E-state index contributed by atoms with van der Waals surface area (Å²) in [6.45, 7) is 0.589. The summed E-state index contributed by atoms with van der Waals surface area (Å²) in [6, 6.07) is 11.6. The predicted octanol–water partition coefficient (Wildman–Crippen LogP) is 3.30. The molecular formula is C13H16IN3OS. The summed E-state index contributed by atoms with van der Waals surface area (Å²) in [5.74, 6) is 1.12. The molecule has 0 atom stereocenters. The highest BCUT2D eigenvalue weighted by molar-refractivity contribution is 14.0. The summed E-state index contributed by atoms with van der Waals surface area (Å²) in [7, 11) is 1.62. The minimum absolute atomic E-state index is 0. The van der Waals surface area contributed by atoms with Gasteiger partial charge in [-0.15, -0.1) is 35.3 Å². The monoisotopic (exact) mass is 389 g/mol. The summed E-state index contributed by atoms with van der Waals surface area (Å²) >= 11 is 1.66. The molecule has 4 nitrogen and oxygen atoms in total. The van der Waals surface area contributed by atoms with Crippen LogP contribution >= 0.6 is 35.3 Å². The molecule has 102 valence electrons. The third kappa shape index (κ3) is 4.71. The number of benzene rings is 1. The second kappa shape index (κ2) is 8.00. The number of nitrogens with two attached hydrogens (primary N) is 1. The van der Waals surface area contributed by atoms with Gasteiger partial charge in [0.1, 0.15) is 5.75 Å². The normalized spacial score (nSPS) is 10.7. The molecule has 0 fully saturated rings. The molecule has 0 spiro atoms. The van der Waals surface area contributed by atoms with Crippen molar-refractivity contribution in [3.63, 3.8) is 0 Å². The zero-order valence-corrected chi connectivity index (χ0v) is 13.6. The highest BCUT2D eigenvalue weighted by Gasteiger charge is 2.02. The molecule has 19 heavy (non-hydrogen) atoms. The van der Waals surface area contributed by atoms with Crippen LogP contribution < -0.4 is 15.8 Å². The summed E-state index contributed by atoms with van der Waals surface area (Å²) in [4.78, 5) is 5.46. The summed E-state index contributed by atoms with van der Waals surface area (Å²) in [6.07, 6.45) is 0. The number of guanidine groups is 1. The maximum atomic E-state index is 5.83. The fraction of sp³-hybridized carbons (Fsp3) is 0.154. The first-order valence-corrected chi connectivity index (χ1v) is 6.40. The van der Waals surface area contributed by atoms with E-state index in [1.165, 1.54) is 4.88 Å². The second-order valence-electron chi connectivity index (χ2n) is 3.61. The third-order valence-electron chi connectivity index (χ3n) is 2.36. The van der Waals surface area contributed by atoms with Crippen LogP contribution in [0.3, 0.4) is 0 Å². The molecule has 1 aromatic carbocycles. The van der Waals surface area contributed by atoms with E-state index in [9.17, 15) is 0 Å². The van der Waals surface area contributed by atoms with Crippen LogP contribution in [0.5, 0.6) is 5.75 Å². The Morgan fingerprint density at radius 1 is 1.32 bits per heavy atom. The Bertz CT molecular complexity index is 528. The Kier molecular flexibility index (Phi) is 6.65. The van der Waals surface area contributed by atoms with Gasteiger partial charge in [-0.25, -0.2) is 4.99 Å². The number of nitrogens with one attached hydrogen (secondary N) is 1. The number of ether oxygens (including phenoxy) is 1. The van der Waals surface area contributed by atoms with Crippen LogP contribution in [0, 0.1) is 0 Å². The van der Waals surface area contributed by atoms with Crippen LogP contribution in [0.15, 0.2) is 46.8 Å². The van der Waals surface area contributed by atoms with E-state index in [2.05, 4.69) is 10.3 Å². The zero-order chi connectivity index (χ0) is 12.8. The molecule has 0 aliphatic rings. The molecule has 0 bridgehead atoms. The number of nitrogens with zero attached hydrogens (tertiary/aromatic N) is 1. The lowest BCUT2D eigenvalue weighted by Gasteiger charge is -2.09. The summed E-state index contributed by atoms with van der Waals surface area (Å²) in [5, 5.41) is 5.05. The van der Waals surface area contributed by atoms with Crippen molar-refractivity contribution in [2.75, 3.05) is 12.4 Å². The molecule has 6 heteroatoms. The van der Waals surface area contributed by atoms with Crippen LogP contribution in [0.4, 0.5) is 5.69 Å². The minimum atomic E-state index is 0. The Morgan fingerprint density at radius 3 is 2.79 bits per heavy atom. The topological polar surface area (TPSA) is 59.6 Å².